The zero-order chi connectivity index (χ0) is 17.8. The van der Waals surface area contributed by atoms with Crippen LogP contribution in [0.2, 0.25) is 0 Å². The van der Waals surface area contributed by atoms with Crippen molar-refractivity contribution in [2.45, 2.75) is 45.6 Å². The third-order valence-corrected chi connectivity index (χ3v) is 3.06. The first-order valence-corrected chi connectivity index (χ1v) is 7.22. The monoisotopic (exact) mass is 325 g/mol. The molecule has 0 fully saturated rings. The van der Waals surface area contributed by atoms with Gasteiger partial charge in [-0.15, -0.1) is 0 Å². The SMILES string of the molecule is CCC(C(=O)O)c1cc(NC(=O)OC(C)(C)C)c(O)c(OC)c1. The maximum Gasteiger partial charge on any atom is 0.412 e. The summed E-state index contributed by atoms with van der Waals surface area (Å²) >= 11 is 0. The van der Waals surface area contributed by atoms with Crippen molar-refractivity contribution in [3.05, 3.63) is 17.7 Å². The van der Waals surface area contributed by atoms with Crippen LogP contribution in [0.3, 0.4) is 0 Å². The fourth-order valence-corrected chi connectivity index (χ4v) is 2.05. The van der Waals surface area contributed by atoms with Gasteiger partial charge in [0.1, 0.15) is 5.60 Å². The van der Waals surface area contributed by atoms with E-state index in [0.29, 0.717) is 12.0 Å². The van der Waals surface area contributed by atoms with Crippen LogP contribution in [0.25, 0.3) is 0 Å². The number of carboxylic acid groups (broad SMARTS) is 1. The first-order chi connectivity index (χ1) is 10.6. The summed E-state index contributed by atoms with van der Waals surface area (Å²) in [7, 11) is 1.35. The lowest BCUT2D eigenvalue weighted by molar-refractivity contribution is -0.138. The molecule has 0 saturated carbocycles. The predicted octanol–water partition coefficient (Wildman–Crippen LogP) is 3.33. The zero-order valence-corrected chi connectivity index (χ0v) is 14.0. The van der Waals surface area contributed by atoms with Crippen molar-refractivity contribution in [1.29, 1.82) is 0 Å². The summed E-state index contributed by atoms with van der Waals surface area (Å²) in [6.07, 6.45) is -0.398. The number of amides is 1. The summed E-state index contributed by atoms with van der Waals surface area (Å²) in [4.78, 5) is 23.2. The standard InChI is InChI=1S/C16H23NO6/c1-6-10(14(19)20)9-7-11(13(18)12(8-9)22-5)17-15(21)23-16(2,3)4/h7-8,10,18H,6H2,1-5H3,(H,17,21)(H,19,20). The van der Waals surface area contributed by atoms with Gasteiger partial charge in [0.15, 0.2) is 11.5 Å². The molecule has 0 bridgehead atoms. The largest absolute Gasteiger partial charge is 0.503 e. The summed E-state index contributed by atoms with van der Waals surface area (Å²) in [6.45, 7) is 6.86. The van der Waals surface area contributed by atoms with Gasteiger partial charge in [0.25, 0.3) is 0 Å². The quantitative estimate of drug-likeness (QED) is 0.717. The fourth-order valence-electron chi connectivity index (χ4n) is 2.05. The number of nitrogens with one attached hydrogen (secondary N) is 1. The summed E-state index contributed by atoms with van der Waals surface area (Å²) in [5.74, 6) is -1.98. The lowest BCUT2D eigenvalue weighted by Crippen LogP contribution is -2.27. The molecule has 0 radical (unpaired) electrons. The first-order valence-electron chi connectivity index (χ1n) is 7.22. The molecular weight excluding hydrogens is 302 g/mol. The highest BCUT2D eigenvalue weighted by atomic mass is 16.6. The summed E-state index contributed by atoms with van der Waals surface area (Å²) in [6, 6.07) is 2.85. The van der Waals surface area contributed by atoms with E-state index in [1.54, 1.807) is 27.7 Å². The van der Waals surface area contributed by atoms with Crippen LogP contribution in [-0.2, 0) is 9.53 Å². The normalized spacial score (nSPS) is 12.4. The Morgan fingerprint density at radius 1 is 1.30 bits per heavy atom. The van der Waals surface area contributed by atoms with Crippen molar-refractivity contribution >= 4 is 17.7 Å². The maximum absolute atomic E-state index is 11.9. The van der Waals surface area contributed by atoms with Crippen LogP contribution < -0.4 is 10.1 Å². The van der Waals surface area contributed by atoms with Crippen LogP contribution >= 0.6 is 0 Å². The van der Waals surface area contributed by atoms with E-state index in [0.717, 1.165) is 0 Å². The molecule has 0 heterocycles. The third-order valence-electron chi connectivity index (χ3n) is 3.06. The number of phenolic OH excluding ortho intramolecular Hbond substituents is 1. The molecule has 7 heteroatoms. The van der Waals surface area contributed by atoms with E-state index in [1.807, 2.05) is 0 Å². The highest BCUT2D eigenvalue weighted by Gasteiger charge is 2.23. The van der Waals surface area contributed by atoms with E-state index in [-0.39, 0.29) is 17.2 Å². The Morgan fingerprint density at radius 2 is 1.91 bits per heavy atom. The molecule has 3 N–H and O–H groups in total. The molecule has 0 aliphatic rings. The lowest BCUT2D eigenvalue weighted by Gasteiger charge is -2.21. The molecule has 0 saturated heterocycles. The second kappa shape index (κ2) is 7.21. The number of carbonyl (C=O) groups excluding carboxylic acids is 1. The molecule has 0 spiro atoms. The Hall–Kier alpha value is -2.44. The highest BCUT2D eigenvalue weighted by Crippen LogP contribution is 2.38. The van der Waals surface area contributed by atoms with Crippen LogP contribution in [0.15, 0.2) is 12.1 Å². The van der Waals surface area contributed by atoms with Gasteiger partial charge in [-0.3, -0.25) is 10.1 Å². The number of aromatic hydroxyl groups is 1. The molecule has 1 rings (SSSR count). The van der Waals surface area contributed by atoms with Crippen LogP contribution in [0.1, 0.15) is 45.6 Å². The number of carbonyl (C=O) groups is 2. The number of ether oxygens (including phenoxy) is 2. The third kappa shape index (κ3) is 5.05. The predicted molar refractivity (Wildman–Crippen MR) is 85.2 cm³/mol. The summed E-state index contributed by atoms with van der Waals surface area (Å²) < 4.78 is 10.2. The Bertz CT molecular complexity index is 591. The van der Waals surface area contributed by atoms with Crippen molar-refractivity contribution in [1.82, 2.24) is 0 Å². The van der Waals surface area contributed by atoms with Gasteiger partial charge < -0.3 is 19.7 Å². The number of benzene rings is 1. The molecule has 7 nitrogen and oxygen atoms in total. The van der Waals surface area contributed by atoms with Gasteiger partial charge in [0.05, 0.1) is 18.7 Å². The second-order valence-electron chi connectivity index (χ2n) is 6.05. The molecule has 1 aromatic carbocycles. The number of hydrogen-bond donors (Lipinski definition) is 3. The maximum atomic E-state index is 11.9. The van der Waals surface area contributed by atoms with Crippen molar-refractivity contribution in [3.63, 3.8) is 0 Å². The average molecular weight is 325 g/mol. The van der Waals surface area contributed by atoms with Gasteiger partial charge in [-0.25, -0.2) is 4.79 Å². The van der Waals surface area contributed by atoms with Crippen LogP contribution in [0.5, 0.6) is 11.5 Å². The molecule has 0 aromatic heterocycles. The molecule has 1 aromatic rings. The minimum Gasteiger partial charge on any atom is -0.503 e. The van der Waals surface area contributed by atoms with E-state index in [2.05, 4.69) is 5.32 Å². The van der Waals surface area contributed by atoms with Gasteiger partial charge in [0, 0.05) is 0 Å². The first kappa shape index (κ1) is 18.6. The Kier molecular flexibility index (Phi) is 5.84. The number of rotatable bonds is 5. The van der Waals surface area contributed by atoms with Gasteiger partial charge in [-0.05, 0) is 44.9 Å². The van der Waals surface area contributed by atoms with Crippen molar-refractivity contribution in [2.75, 3.05) is 12.4 Å². The smallest absolute Gasteiger partial charge is 0.412 e. The minimum atomic E-state index is -0.997. The van der Waals surface area contributed by atoms with Gasteiger partial charge in [0.2, 0.25) is 0 Å². The molecule has 128 valence electrons. The topological polar surface area (TPSA) is 105 Å². The summed E-state index contributed by atoms with van der Waals surface area (Å²) in [5, 5.41) is 21.8. The van der Waals surface area contributed by atoms with E-state index < -0.39 is 23.6 Å². The molecular formula is C16H23NO6. The van der Waals surface area contributed by atoms with Crippen LogP contribution in [0, 0.1) is 0 Å². The van der Waals surface area contributed by atoms with Crippen LogP contribution in [0.4, 0.5) is 10.5 Å². The molecule has 1 atom stereocenters. The van der Waals surface area contributed by atoms with Crippen molar-refractivity contribution in [3.8, 4) is 11.5 Å². The van der Waals surface area contributed by atoms with Gasteiger partial charge in [-0.1, -0.05) is 6.92 Å². The molecule has 1 amide bonds. The van der Waals surface area contributed by atoms with E-state index in [9.17, 15) is 19.8 Å². The highest BCUT2D eigenvalue weighted by molar-refractivity contribution is 5.88. The molecule has 0 aliphatic heterocycles. The Morgan fingerprint density at radius 3 is 2.35 bits per heavy atom. The number of carboxylic acids is 1. The van der Waals surface area contributed by atoms with Gasteiger partial charge >= 0.3 is 12.1 Å². The second-order valence-corrected chi connectivity index (χ2v) is 6.05. The van der Waals surface area contributed by atoms with Crippen LogP contribution in [-0.4, -0.2) is 35.0 Å². The fraction of sp³-hybridized carbons (Fsp3) is 0.500. The van der Waals surface area contributed by atoms with Gasteiger partial charge in [-0.2, -0.15) is 0 Å². The number of anilines is 1. The number of methoxy groups -OCH3 is 1. The van der Waals surface area contributed by atoms with E-state index in [1.165, 1.54) is 19.2 Å². The van der Waals surface area contributed by atoms with Crippen molar-refractivity contribution < 1.29 is 29.3 Å². The molecule has 1 unspecified atom stereocenters. The molecule has 0 aliphatic carbocycles. The van der Waals surface area contributed by atoms with E-state index in [4.69, 9.17) is 9.47 Å². The van der Waals surface area contributed by atoms with E-state index >= 15 is 0 Å². The Balaban J connectivity index is 3.20. The number of aliphatic carboxylic acids is 1. The average Bonchev–Trinajstić information content (AvgIpc) is 2.40. The number of hydrogen-bond acceptors (Lipinski definition) is 5. The zero-order valence-electron chi connectivity index (χ0n) is 14.0. The lowest BCUT2D eigenvalue weighted by atomic mass is 9.95. The molecule has 23 heavy (non-hydrogen) atoms. The van der Waals surface area contributed by atoms with Crippen molar-refractivity contribution in [2.24, 2.45) is 0 Å². The number of phenols is 1. The minimum absolute atomic E-state index is 0.0355. The summed E-state index contributed by atoms with van der Waals surface area (Å²) in [5.41, 5.74) is -0.247. The Labute approximate surface area is 135 Å².